The fraction of sp³-hybridized carbons (Fsp3) is 0.500. The molecule has 0 aliphatic heterocycles. The van der Waals surface area contributed by atoms with Gasteiger partial charge in [0.15, 0.2) is 0 Å². The van der Waals surface area contributed by atoms with Crippen LogP contribution in [0.3, 0.4) is 0 Å². The zero-order valence-electron chi connectivity index (χ0n) is 8.26. The lowest BCUT2D eigenvalue weighted by molar-refractivity contribution is -0.169. The van der Waals surface area contributed by atoms with E-state index >= 15 is 0 Å². The number of hydrogen-bond donors (Lipinski definition) is 1. The molecule has 0 saturated carbocycles. The van der Waals surface area contributed by atoms with E-state index in [2.05, 4.69) is 5.10 Å². The van der Waals surface area contributed by atoms with Gasteiger partial charge in [-0.2, -0.15) is 23.5 Å². The Labute approximate surface area is 88.9 Å². The maximum Gasteiger partial charge on any atom is 0.450 e. The molecule has 5 nitrogen and oxygen atoms in total. The van der Waals surface area contributed by atoms with Gasteiger partial charge in [-0.15, -0.1) is 0 Å². The number of ketones is 1. The molecule has 0 rings (SSSR count). The number of carbonyl (C=O) groups excluding carboxylic acids is 2. The van der Waals surface area contributed by atoms with Gasteiger partial charge in [-0.05, 0) is 6.92 Å². The monoisotopic (exact) mass is 235 g/mol. The van der Waals surface area contributed by atoms with Gasteiger partial charge in [0, 0.05) is 5.71 Å². The topological polar surface area (TPSA) is 82.3 Å². The number of amides is 1. The van der Waals surface area contributed by atoms with Crippen molar-refractivity contribution in [3.63, 3.8) is 0 Å². The second-order valence-corrected chi connectivity index (χ2v) is 2.81. The summed E-state index contributed by atoms with van der Waals surface area (Å²) in [6.07, 6.45) is -6.28. The minimum atomic E-state index is -4.91. The van der Waals surface area contributed by atoms with Crippen LogP contribution in [0.15, 0.2) is 5.10 Å². The number of alkyl halides is 3. The predicted molar refractivity (Wildman–Crippen MR) is 47.2 cm³/mol. The van der Waals surface area contributed by atoms with E-state index in [1.54, 1.807) is 0 Å². The van der Waals surface area contributed by atoms with Crippen LogP contribution < -0.4 is 5.43 Å². The quantitative estimate of drug-likeness (QED) is 0.580. The Balaban J connectivity index is 4.22. The molecule has 8 heteroatoms. The molecule has 0 aromatic carbocycles. The molecule has 0 bridgehead atoms. The minimum Gasteiger partial charge on any atom is -0.289 e. The minimum absolute atomic E-state index is 0.186. The lowest BCUT2D eigenvalue weighted by atomic mass is 10.2. The summed E-state index contributed by atoms with van der Waals surface area (Å²) in [6.45, 7) is 1.16. The molecule has 0 fully saturated rings. The molecular formula is C8H8F3N3O2. The van der Waals surface area contributed by atoms with Crippen LogP contribution in [0.5, 0.6) is 0 Å². The van der Waals surface area contributed by atoms with E-state index in [9.17, 15) is 22.8 Å². The predicted octanol–water partition coefficient (Wildman–Crippen LogP) is 0.914. The number of nitrogens with one attached hydrogen (secondary N) is 1. The average Bonchev–Trinajstić information content (AvgIpc) is 2.13. The van der Waals surface area contributed by atoms with Gasteiger partial charge in [-0.25, -0.2) is 5.43 Å². The molecule has 0 aliphatic carbocycles. The molecule has 0 heterocycles. The normalized spacial score (nSPS) is 11.8. The smallest absolute Gasteiger partial charge is 0.289 e. The molecule has 0 aromatic rings. The van der Waals surface area contributed by atoms with E-state index in [1.807, 2.05) is 5.43 Å². The number of nitrogens with zero attached hydrogens (tertiary/aromatic N) is 2. The third kappa shape index (κ3) is 5.74. The molecule has 0 atom stereocenters. The second-order valence-electron chi connectivity index (χ2n) is 2.81. The maximum atomic E-state index is 11.8. The fourth-order valence-corrected chi connectivity index (χ4v) is 0.641. The largest absolute Gasteiger partial charge is 0.450 e. The van der Waals surface area contributed by atoms with Crippen LogP contribution in [-0.4, -0.2) is 23.6 Å². The van der Waals surface area contributed by atoms with Crippen molar-refractivity contribution in [2.45, 2.75) is 25.9 Å². The van der Waals surface area contributed by atoms with Gasteiger partial charge in [0.25, 0.3) is 5.91 Å². The van der Waals surface area contributed by atoms with E-state index in [0.717, 1.165) is 6.92 Å². The fourth-order valence-electron chi connectivity index (χ4n) is 0.641. The van der Waals surface area contributed by atoms with Crippen LogP contribution in [0.2, 0.25) is 0 Å². The summed E-state index contributed by atoms with van der Waals surface area (Å²) in [5.41, 5.74) is 1.66. The third-order valence-electron chi connectivity index (χ3n) is 1.34. The highest BCUT2D eigenvalue weighted by molar-refractivity contribution is 6.03. The van der Waals surface area contributed by atoms with Gasteiger partial charge in [0.2, 0.25) is 5.78 Å². The Hall–Kier alpha value is -1.91. The van der Waals surface area contributed by atoms with Crippen LogP contribution in [-0.2, 0) is 9.59 Å². The summed E-state index contributed by atoms with van der Waals surface area (Å²) in [6, 6.07) is 1.53. The van der Waals surface area contributed by atoms with Crippen LogP contribution in [0.25, 0.3) is 0 Å². The highest BCUT2D eigenvalue weighted by Gasteiger charge is 2.37. The summed E-state index contributed by atoms with van der Waals surface area (Å²) in [5.74, 6) is -2.69. The Kier molecular flexibility index (Phi) is 5.15. The maximum absolute atomic E-state index is 11.8. The lowest BCUT2D eigenvalue weighted by Crippen LogP contribution is -2.26. The Bertz CT molecular complexity index is 355. The molecule has 0 unspecified atom stereocenters. The third-order valence-corrected chi connectivity index (χ3v) is 1.34. The highest BCUT2D eigenvalue weighted by atomic mass is 19.4. The molecular weight excluding hydrogens is 227 g/mol. The Morgan fingerprint density at radius 1 is 1.44 bits per heavy atom. The van der Waals surface area contributed by atoms with E-state index in [4.69, 9.17) is 5.26 Å². The van der Waals surface area contributed by atoms with Crippen LogP contribution in [0.4, 0.5) is 13.2 Å². The molecule has 88 valence electrons. The summed E-state index contributed by atoms with van der Waals surface area (Å²) in [7, 11) is 0. The lowest BCUT2D eigenvalue weighted by Gasteiger charge is -2.04. The van der Waals surface area contributed by atoms with Crippen molar-refractivity contribution in [2.75, 3.05) is 0 Å². The first-order valence-electron chi connectivity index (χ1n) is 4.06. The first kappa shape index (κ1) is 14.1. The van der Waals surface area contributed by atoms with Gasteiger partial charge >= 0.3 is 6.18 Å². The van der Waals surface area contributed by atoms with Gasteiger partial charge < -0.3 is 0 Å². The van der Waals surface area contributed by atoms with E-state index in [1.165, 1.54) is 6.07 Å². The Morgan fingerprint density at radius 3 is 2.44 bits per heavy atom. The second kappa shape index (κ2) is 5.85. The van der Waals surface area contributed by atoms with Crippen molar-refractivity contribution in [1.29, 1.82) is 5.26 Å². The molecule has 1 N–H and O–H groups in total. The van der Waals surface area contributed by atoms with E-state index in [-0.39, 0.29) is 5.71 Å². The standard InChI is InChI=1S/C8H8F3N3O2/c1-5(4-6(15)8(9,10)11)13-14-7(16)2-3-12/h2,4H2,1H3,(H,14,16). The van der Waals surface area contributed by atoms with Gasteiger partial charge in [-0.1, -0.05) is 0 Å². The molecule has 0 saturated heterocycles. The first-order chi connectivity index (χ1) is 7.27. The Morgan fingerprint density at radius 2 is 2.00 bits per heavy atom. The molecule has 16 heavy (non-hydrogen) atoms. The summed E-state index contributed by atoms with van der Waals surface area (Å²) in [5, 5.41) is 11.3. The summed E-state index contributed by atoms with van der Waals surface area (Å²) < 4.78 is 35.4. The number of rotatable bonds is 4. The van der Waals surface area contributed by atoms with Crippen LogP contribution >= 0.6 is 0 Å². The number of Topliss-reactive ketones (excluding diaryl/α,β-unsaturated/α-hetero) is 1. The summed E-state index contributed by atoms with van der Waals surface area (Å²) >= 11 is 0. The molecule has 0 spiro atoms. The van der Waals surface area contributed by atoms with Crippen molar-refractivity contribution in [1.82, 2.24) is 5.43 Å². The zero-order valence-corrected chi connectivity index (χ0v) is 8.26. The zero-order chi connectivity index (χ0) is 12.8. The molecule has 0 aliphatic rings. The van der Waals surface area contributed by atoms with Crippen LogP contribution in [0.1, 0.15) is 19.8 Å². The number of hydrazone groups is 1. The van der Waals surface area contributed by atoms with E-state index in [0.29, 0.717) is 0 Å². The number of hydrogen-bond acceptors (Lipinski definition) is 4. The summed E-state index contributed by atoms with van der Waals surface area (Å²) in [4.78, 5) is 21.2. The number of carbonyl (C=O) groups is 2. The van der Waals surface area contributed by atoms with Crippen molar-refractivity contribution < 1.29 is 22.8 Å². The van der Waals surface area contributed by atoms with Gasteiger partial charge in [-0.3, -0.25) is 9.59 Å². The van der Waals surface area contributed by atoms with Gasteiger partial charge in [0.1, 0.15) is 6.42 Å². The van der Waals surface area contributed by atoms with Crippen molar-refractivity contribution in [2.24, 2.45) is 5.10 Å². The van der Waals surface area contributed by atoms with E-state index < -0.39 is 30.7 Å². The van der Waals surface area contributed by atoms with Gasteiger partial charge in [0.05, 0.1) is 12.5 Å². The van der Waals surface area contributed by atoms with Crippen molar-refractivity contribution in [3.8, 4) is 6.07 Å². The highest BCUT2D eigenvalue weighted by Crippen LogP contribution is 2.17. The average molecular weight is 235 g/mol. The number of halogens is 3. The molecule has 0 aromatic heterocycles. The first-order valence-corrected chi connectivity index (χ1v) is 4.06. The van der Waals surface area contributed by atoms with Crippen LogP contribution in [0, 0.1) is 11.3 Å². The number of nitriles is 1. The molecule has 0 radical (unpaired) electrons. The molecule has 1 amide bonds. The van der Waals surface area contributed by atoms with Crippen molar-refractivity contribution >= 4 is 17.4 Å². The van der Waals surface area contributed by atoms with Crippen molar-refractivity contribution in [3.05, 3.63) is 0 Å². The SMILES string of the molecule is CC(CC(=O)C(F)(F)F)=NNC(=O)CC#N.